The second-order valence-electron chi connectivity index (χ2n) is 7.70. The summed E-state index contributed by atoms with van der Waals surface area (Å²) >= 11 is 1.58. The molecule has 0 bridgehead atoms. The van der Waals surface area contributed by atoms with Gasteiger partial charge in [-0.3, -0.25) is 19.5 Å². The second kappa shape index (κ2) is 8.21. The Balaban J connectivity index is 1.70. The minimum Gasteiger partial charge on any atom is -0.338 e. The van der Waals surface area contributed by atoms with E-state index in [-0.39, 0.29) is 12.1 Å². The predicted octanol–water partition coefficient (Wildman–Crippen LogP) is 2.45. The van der Waals surface area contributed by atoms with Crippen molar-refractivity contribution in [2.75, 3.05) is 6.54 Å². The number of thiophene rings is 1. The fourth-order valence-electron chi connectivity index (χ4n) is 3.32. The van der Waals surface area contributed by atoms with E-state index in [1.807, 2.05) is 0 Å². The van der Waals surface area contributed by atoms with E-state index in [1.54, 1.807) is 11.3 Å². The fourth-order valence-corrected chi connectivity index (χ4v) is 4.66. The lowest BCUT2D eigenvalue weighted by Crippen LogP contribution is -2.42. The van der Waals surface area contributed by atoms with Gasteiger partial charge >= 0.3 is 6.03 Å². The normalized spacial score (nSPS) is 16.4. The SMILES string of the molecule is CC(C)CCNC(=O)NC(=O)Cn1cnc2sc3c(c2c1=O)CCC(C)C3. The van der Waals surface area contributed by atoms with Crippen molar-refractivity contribution in [1.82, 2.24) is 20.2 Å². The van der Waals surface area contributed by atoms with Gasteiger partial charge in [-0.15, -0.1) is 11.3 Å². The van der Waals surface area contributed by atoms with Gasteiger partial charge < -0.3 is 5.32 Å². The van der Waals surface area contributed by atoms with Crippen LogP contribution in [0.4, 0.5) is 4.79 Å². The van der Waals surface area contributed by atoms with Crippen LogP contribution in [0.3, 0.4) is 0 Å². The highest BCUT2D eigenvalue weighted by Gasteiger charge is 2.23. The Morgan fingerprint density at radius 2 is 2.19 bits per heavy atom. The van der Waals surface area contributed by atoms with Crippen molar-refractivity contribution < 1.29 is 9.59 Å². The fraction of sp³-hybridized carbons (Fsp3) is 0.579. The molecule has 0 spiro atoms. The van der Waals surface area contributed by atoms with E-state index < -0.39 is 11.9 Å². The molecule has 27 heavy (non-hydrogen) atoms. The van der Waals surface area contributed by atoms with Crippen molar-refractivity contribution >= 4 is 33.5 Å². The third-order valence-electron chi connectivity index (χ3n) is 4.86. The number of fused-ring (bicyclic) bond motifs is 3. The summed E-state index contributed by atoms with van der Waals surface area (Å²) in [6.07, 6.45) is 5.15. The van der Waals surface area contributed by atoms with E-state index >= 15 is 0 Å². The number of amides is 3. The minimum atomic E-state index is -0.537. The zero-order chi connectivity index (χ0) is 19.6. The maximum absolute atomic E-state index is 12.9. The molecule has 0 radical (unpaired) electrons. The highest BCUT2D eigenvalue weighted by Crippen LogP contribution is 2.35. The van der Waals surface area contributed by atoms with Crippen molar-refractivity contribution in [2.45, 2.75) is 53.0 Å². The molecular formula is C19H26N4O3S. The molecule has 146 valence electrons. The molecule has 3 amide bonds. The van der Waals surface area contributed by atoms with Crippen LogP contribution in [-0.4, -0.2) is 28.0 Å². The number of hydrogen-bond acceptors (Lipinski definition) is 5. The molecule has 8 heteroatoms. The Morgan fingerprint density at radius 1 is 1.41 bits per heavy atom. The van der Waals surface area contributed by atoms with Gasteiger partial charge in [-0.25, -0.2) is 9.78 Å². The summed E-state index contributed by atoms with van der Waals surface area (Å²) in [7, 11) is 0. The molecule has 0 fully saturated rings. The number of aromatic nitrogens is 2. The molecule has 2 N–H and O–H groups in total. The van der Waals surface area contributed by atoms with Gasteiger partial charge in [0.05, 0.1) is 11.7 Å². The maximum Gasteiger partial charge on any atom is 0.321 e. The highest BCUT2D eigenvalue weighted by atomic mass is 32.1. The van der Waals surface area contributed by atoms with Crippen LogP contribution in [-0.2, 0) is 24.2 Å². The minimum absolute atomic E-state index is 0.206. The highest BCUT2D eigenvalue weighted by molar-refractivity contribution is 7.18. The molecule has 0 aromatic carbocycles. The first-order valence-corrected chi connectivity index (χ1v) is 10.2. The Kier molecular flexibility index (Phi) is 5.94. The molecule has 3 rings (SSSR count). The Labute approximate surface area is 162 Å². The summed E-state index contributed by atoms with van der Waals surface area (Å²) in [6.45, 7) is 6.62. The van der Waals surface area contributed by atoms with E-state index in [9.17, 15) is 14.4 Å². The third kappa shape index (κ3) is 4.55. The van der Waals surface area contributed by atoms with Crippen molar-refractivity contribution in [3.63, 3.8) is 0 Å². The first kappa shape index (κ1) is 19.5. The van der Waals surface area contributed by atoms with Crippen molar-refractivity contribution in [1.29, 1.82) is 0 Å². The van der Waals surface area contributed by atoms with Gasteiger partial charge in [0.2, 0.25) is 5.91 Å². The largest absolute Gasteiger partial charge is 0.338 e. The Bertz CT molecular complexity index is 916. The summed E-state index contributed by atoms with van der Waals surface area (Å²) in [4.78, 5) is 43.1. The van der Waals surface area contributed by atoms with E-state index in [2.05, 4.69) is 36.4 Å². The predicted molar refractivity (Wildman–Crippen MR) is 106 cm³/mol. The van der Waals surface area contributed by atoms with Crippen LogP contribution in [0.15, 0.2) is 11.1 Å². The number of nitrogens with zero attached hydrogens (tertiary/aromatic N) is 2. The summed E-state index contributed by atoms with van der Waals surface area (Å²) in [5, 5.41) is 5.55. The number of urea groups is 1. The zero-order valence-corrected chi connectivity index (χ0v) is 16.8. The van der Waals surface area contributed by atoms with Gasteiger partial charge in [-0.2, -0.15) is 0 Å². The quantitative estimate of drug-likeness (QED) is 0.820. The van der Waals surface area contributed by atoms with Crippen LogP contribution in [0.5, 0.6) is 0 Å². The molecular weight excluding hydrogens is 364 g/mol. The van der Waals surface area contributed by atoms with Crippen molar-refractivity contribution in [2.24, 2.45) is 11.8 Å². The summed E-state index contributed by atoms with van der Waals surface area (Å²) in [6, 6.07) is -0.537. The average Bonchev–Trinajstić information content (AvgIpc) is 2.95. The number of rotatable bonds is 5. The molecule has 0 saturated heterocycles. The van der Waals surface area contributed by atoms with Gasteiger partial charge in [0.25, 0.3) is 5.56 Å². The molecule has 1 aliphatic rings. The summed E-state index contributed by atoms with van der Waals surface area (Å²) < 4.78 is 1.28. The topological polar surface area (TPSA) is 93.1 Å². The monoisotopic (exact) mass is 390 g/mol. The van der Waals surface area contributed by atoms with Gasteiger partial charge in [0.1, 0.15) is 11.4 Å². The smallest absolute Gasteiger partial charge is 0.321 e. The molecule has 1 aliphatic carbocycles. The molecule has 7 nitrogen and oxygen atoms in total. The lowest BCUT2D eigenvalue weighted by atomic mass is 9.89. The van der Waals surface area contributed by atoms with Crippen LogP contribution in [0.25, 0.3) is 10.2 Å². The first-order valence-electron chi connectivity index (χ1n) is 9.42. The number of aryl methyl sites for hydroxylation is 1. The molecule has 1 atom stereocenters. The van der Waals surface area contributed by atoms with Gasteiger partial charge in [-0.05, 0) is 43.1 Å². The lowest BCUT2D eigenvalue weighted by molar-refractivity contribution is -0.120. The molecule has 0 saturated carbocycles. The van der Waals surface area contributed by atoms with Crippen molar-refractivity contribution in [3.05, 3.63) is 27.1 Å². The maximum atomic E-state index is 12.9. The van der Waals surface area contributed by atoms with Crippen molar-refractivity contribution in [3.8, 4) is 0 Å². The van der Waals surface area contributed by atoms with Crippen LogP contribution in [0, 0.1) is 11.8 Å². The van der Waals surface area contributed by atoms with E-state index in [0.717, 1.165) is 36.1 Å². The zero-order valence-electron chi connectivity index (χ0n) is 16.0. The molecule has 1 unspecified atom stereocenters. The standard InChI is InChI=1S/C19H26N4O3S/c1-11(2)6-7-20-19(26)22-15(24)9-23-10-21-17-16(18(23)25)13-5-4-12(3)8-14(13)27-17/h10-12H,4-9H2,1-3H3,(H2,20,22,24,26). The lowest BCUT2D eigenvalue weighted by Gasteiger charge is -2.17. The number of carbonyl (C=O) groups is 2. The van der Waals surface area contributed by atoms with Gasteiger partial charge in [0.15, 0.2) is 0 Å². The number of carbonyl (C=O) groups excluding carboxylic acids is 2. The molecule has 2 heterocycles. The summed E-state index contributed by atoms with van der Waals surface area (Å²) in [5.74, 6) is 0.558. The summed E-state index contributed by atoms with van der Waals surface area (Å²) in [5.41, 5.74) is 0.884. The second-order valence-corrected chi connectivity index (χ2v) is 8.78. The van der Waals surface area contributed by atoms with E-state index in [0.29, 0.717) is 23.8 Å². The first-order chi connectivity index (χ1) is 12.8. The van der Waals surface area contributed by atoms with Gasteiger partial charge in [-0.1, -0.05) is 20.8 Å². The van der Waals surface area contributed by atoms with Crippen LogP contribution < -0.4 is 16.2 Å². The molecule has 0 aliphatic heterocycles. The Hall–Kier alpha value is -2.22. The molecule has 2 aromatic heterocycles. The van der Waals surface area contributed by atoms with Gasteiger partial charge in [0, 0.05) is 11.4 Å². The number of nitrogens with one attached hydrogen (secondary N) is 2. The Morgan fingerprint density at radius 3 is 2.93 bits per heavy atom. The average molecular weight is 391 g/mol. The van der Waals surface area contributed by atoms with E-state index in [1.165, 1.54) is 15.8 Å². The van der Waals surface area contributed by atoms with Crippen LogP contribution in [0.1, 0.15) is 44.1 Å². The van der Waals surface area contributed by atoms with Crippen LogP contribution in [0.2, 0.25) is 0 Å². The van der Waals surface area contributed by atoms with E-state index in [4.69, 9.17) is 0 Å². The third-order valence-corrected chi connectivity index (χ3v) is 6.02. The number of imide groups is 1. The number of hydrogen-bond donors (Lipinski definition) is 2. The molecule has 2 aromatic rings. The van der Waals surface area contributed by atoms with Crippen LogP contribution >= 0.6 is 11.3 Å².